The predicted molar refractivity (Wildman–Crippen MR) is 147 cm³/mol. The third-order valence-corrected chi connectivity index (χ3v) is 9.42. The van der Waals surface area contributed by atoms with Gasteiger partial charge in [0.25, 0.3) is 5.91 Å². The third kappa shape index (κ3) is 5.97. The molecule has 1 aromatic heterocycles. The van der Waals surface area contributed by atoms with Gasteiger partial charge in [-0.15, -0.1) is 0 Å². The van der Waals surface area contributed by atoms with Crippen molar-refractivity contribution in [3.8, 4) is 0 Å². The second kappa shape index (κ2) is 11.6. The normalized spacial score (nSPS) is 16.0. The van der Waals surface area contributed by atoms with Crippen LogP contribution in [0.3, 0.4) is 0 Å². The van der Waals surface area contributed by atoms with Crippen molar-refractivity contribution in [2.24, 2.45) is 0 Å². The Labute approximate surface area is 238 Å². The molecule has 1 aliphatic heterocycles. The van der Waals surface area contributed by atoms with E-state index in [0.717, 1.165) is 6.07 Å². The van der Waals surface area contributed by atoms with E-state index in [2.05, 4.69) is 4.72 Å². The van der Waals surface area contributed by atoms with Crippen molar-refractivity contribution in [2.75, 3.05) is 13.1 Å². The first-order valence-corrected chi connectivity index (χ1v) is 14.8. The van der Waals surface area contributed by atoms with E-state index in [0.29, 0.717) is 36.4 Å². The summed E-state index contributed by atoms with van der Waals surface area (Å²) < 4.78 is 72.9. The van der Waals surface area contributed by atoms with Crippen molar-refractivity contribution in [1.29, 1.82) is 0 Å². The number of likely N-dealkylation sites (tertiary alicyclic amines) is 1. The van der Waals surface area contributed by atoms with E-state index in [4.69, 9.17) is 5.11 Å². The number of benzene rings is 3. The molecule has 1 fully saturated rings. The highest BCUT2D eigenvalue weighted by atomic mass is 32.2. The Hall–Kier alpha value is -3.81. The van der Waals surface area contributed by atoms with Crippen LogP contribution in [0.4, 0.5) is 13.2 Å². The van der Waals surface area contributed by atoms with Crippen LogP contribution in [0, 0.1) is 0 Å². The average Bonchev–Trinajstić information content (AvgIpc) is 3.37. The molecule has 1 aliphatic rings. The fourth-order valence-electron chi connectivity index (χ4n) is 4.74. The predicted octanol–water partition coefficient (Wildman–Crippen LogP) is 4.85. The van der Waals surface area contributed by atoms with Crippen LogP contribution in [-0.2, 0) is 28.1 Å². The molecule has 41 heavy (non-hydrogen) atoms. The van der Waals surface area contributed by atoms with Crippen LogP contribution < -0.4 is 4.72 Å². The van der Waals surface area contributed by atoms with Gasteiger partial charge >= 0.3 is 12.1 Å². The van der Waals surface area contributed by atoms with Crippen LogP contribution >= 0.6 is 0 Å². The van der Waals surface area contributed by atoms with Crippen molar-refractivity contribution >= 4 is 44.8 Å². The number of carboxylic acid groups (broad SMARTS) is 1. The molecule has 0 saturated carbocycles. The summed E-state index contributed by atoms with van der Waals surface area (Å²) in [6, 6.07) is 17.0. The molecular weight excluding hydrogens is 579 g/mol. The number of aromatic nitrogens is 1. The van der Waals surface area contributed by atoms with Gasteiger partial charge in [0, 0.05) is 36.3 Å². The van der Waals surface area contributed by atoms with Crippen LogP contribution in [0.15, 0.2) is 88.8 Å². The molecule has 2 atom stereocenters. The number of carbonyl (C=O) groups excluding carboxylic acids is 1. The molecule has 2 heterocycles. The maximum Gasteiger partial charge on any atom is 0.417 e. The zero-order valence-electron chi connectivity index (χ0n) is 21.3. The first-order valence-electron chi connectivity index (χ1n) is 12.5. The van der Waals surface area contributed by atoms with Gasteiger partial charge in [-0.25, -0.2) is 17.9 Å². The molecule has 1 saturated heterocycles. The fraction of sp³-hybridized carbons (Fsp3) is 0.214. The van der Waals surface area contributed by atoms with Crippen LogP contribution in [-0.4, -0.2) is 53.4 Å². The Bertz CT molecular complexity index is 1650. The standard InChI is InChI=1S/C28H24F3N3O5S2/c29-28(30,31)22-7-4-8-23-25(22)24(17-34(23)41(39)21-5-2-1-3-6-21)40(38)32-20-13-15-33(16-14-20)26(35)18-9-11-19(12-10-18)27(36)37/h1-12,17,20,32H,13-16H2,(H,36,37). The number of rotatable bonds is 7. The number of carbonyl (C=O) groups is 2. The van der Waals surface area contributed by atoms with E-state index in [-0.39, 0.29) is 33.3 Å². The van der Waals surface area contributed by atoms with Crippen molar-refractivity contribution in [3.05, 3.63) is 95.7 Å². The van der Waals surface area contributed by atoms with Gasteiger partial charge < -0.3 is 10.0 Å². The molecule has 5 rings (SSSR count). The summed E-state index contributed by atoms with van der Waals surface area (Å²) in [4.78, 5) is 25.7. The van der Waals surface area contributed by atoms with E-state index in [1.54, 1.807) is 35.2 Å². The number of fused-ring (bicyclic) bond motifs is 1. The summed E-state index contributed by atoms with van der Waals surface area (Å²) in [5, 5.41) is 8.76. The van der Waals surface area contributed by atoms with Gasteiger partial charge in [0.15, 0.2) is 11.0 Å². The summed E-state index contributed by atoms with van der Waals surface area (Å²) in [7, 11) is -3.96. The lowest BCUT2D eigenvalue weighted by atomic mass is 10.0. The SMILES string of the molecule is O=C(O)c1ccc(C(=O)N2CCC(NS(=O)c3cn(S(=O)c4ccccc4)c4cccc(C(F)(F)F)c34)CC2)cc1. The molecule has 1 amide bonds. The lowest BCUT2D eigenvalue weighted by Crippen LogP contribution is -2.45. The van der Waals surface area contributed by atoms with Crippen LogP contribution in [0.5, 0.6) is 0 Å². The van der Waals surface area contributed by atoms with E-state index >= 15 is 0 Å². The molecule has 13 heteroatoms. The van der Waals surface area contributed by atoms with Crippen molar-refractivity contribution in [1.82, 2.24) is 13.6 Å². The first kappa shape index (κ1) is 28.7. The molecule has 2 N–H and O–H groups in total. The van der Waals surface area contributed by atoms with E-state index in [9.17, 15) is 31.2 Å². The van der Waals surface area contributed by atoms with Crippen LogP contribution in [0.2, 0.25) is 0 Å². The Morgan fingerprint density at radius 1 is 0.878 bits per heavy atom. The van der Waals surface area contributed by atoms with E-state index < -0.39 is 39.7 Å². The summed E-state index contributed by atoms with van der Waals surface area (Å²) in [6.45, 7) is 0.615. The minimum atomic E-state index is -4.73. The minimum absolute atomic E-state index is 0.0430. The molecule has 0 radical (unpaired) electrons. The summed E-state index contributed by atoms with van der Waals surface area (Å²) >= 11 is 0. The highest BCUT2D eigenvalue weighted by Gasteiger charge is 2.36. The van der Waals surface area contributed by atoms with Gasteiger partial charge in [-0.05, 0) is 61.4 Å². The Balaban J connectivity index is 1.36. The largest absolute Gasteiger partial charge is 0.478 e. The van der Waals surface area contributed by atoms with Gasteiger partial charge in [-0.1, -0.05) is 24.3 Å². The highest BCUT2D eigenvalue weighted by Crippen LogP contribution is 2.39. The number of nitrogens with zero attached hydrogens (tertiary/aromatic N) is 2. The lowest BCUT2D eigenvalue weighted by Gasteiger charge is -2.32. The second-order valence-corrected chi connectivity index (χ2v) is 12.0. The number of carboxylic acids is 1. The summed E-state index contributed by atoms with van der Waals surface area (Å²) in [5.41, 5.74) is -0.529. The first-order chi connectivity index (χ1) is 19.5. The number of aromatic carboxylic acids is 1. The Kier molecular flexibility index (Phi) is 8.11. The smallest absolute Gasteiger partial charge is 0.417 e. The van der Waals surface area contributed by atoms with Gasteiger partial charge in [-0.3, -0.25) is 8.77 Å². The zero-order valence-corrected chi connectivity index (χ0v) is 23.0. The number of amides is 1. The van der Waals surface area contributed by atoms with Crippen molar-refractivity contribution < 1.29 is 36.3 Å². The quantitative estimate of drug-likeness (QED) is 0.314. The number of piperidine rings is 1. The van der Waals surface area contributed by atoms with Crippen molar-refractivity contribution in [2.45, 2.75) is 34.9 Å². The van der Waals surface area contributed by atoms with Gasteiger partial charge in [0.05, 0.1) is 26.4 Å². The second-order valence-electron chi connectivity index (χ2n) is 9.41. The molecule has 3 aromatic carbocycles. The van der Waals surface area contributed by atoms with Crippen molar-refractivity contribution in [3.63, 3.8) is 0 Å². The maximum absolute atomic E-state index is 14.0. The molecule has 4 aromatic rings. The minimum Gasteiger partial charge on any atom is -0.478 e. The Morgan fingerprint density at radius 2 is 1.51 bits per heavy atom. The lowest BCUT2D eigenvalue weighted by molar-refractivity contribution is -0.136. The average molecular weight is 604 g/mol. The van der Waals surface area contributed by atoms with Gasteiger partial charge in [0.2, 0.25) is 0 Å². The number of hydrogen-bond acceptors (Lipinski definition) is 4. The molecule has 0 spiro atoms. The zero-order chi connectivity index (χ0) is 29.3. The fourth-order valence-corrected chi connectivity index (χ4v) is 7.22. The summed E-state index contributed by atoms with van der Waals surface area (Å²) in [5.74, 6) is -1.37. The monoisotopic (exact) mass is 603 g/mol. The molecular formula is C28H24F3N3O5S2. The van der Waals surface area contributed by atoms with E-state index in [1.807, 2.05) is 0 Å². The molecule has 8 nitrogen and oxygen atoms in total. The number of alkyl halides is 3. The number of nitrogens with one attached hydrogen (secondary N) is 1. The maximum atomic E-state index is 14.0. The number of hydrogen-bond donors (Lipinski definition) is 2. The van der Waals surface area contributed by atoms with Gasteiger partial charge in [-0.2, -0.15) is 13.2 Å². The Morgan fingerprint density at radius 3 is 2.12 bits per heavy atom. The number of halogens is 3. The third-order valence-electron chi connectivity index (χ3n) is 6.82. The summed E-state index contributed by atoms with van der Waals surface area (Å²) in [6.07, 6.45) is -2.70. The molecule has 0 aliphatic carbocycles. The van der Waals surface area contributed by atoms with Gasteiger partial charge in [0.1, 0.15) is 11.0 Å². The molecule has 214 valence electrons. The van der Waals surface area contributed by atoms with Crippen LogP contribution in [0.1, 0.15) is 39.1 Å². The van der Waals surface area contributed by atoms with Crippen LogP contribution in [0.25, 0.3) is 10.9 Å². The highest BCUT2D eigenvalue weighted by molar-refractivity contribution is 7.84. The molecule has 2 unspecified atom stereocenters. The van der Waals surface area contributed by atoms with E-state index in [1.165, 1.54) is 46.6 Å². The molecule has 0 bridgehead atoms. The topological polar surface area (TPSA) is 109 Å².